The van der Waals surface area contributed by atoms with Gasteiger partial charge in [-0.2, -0.15) is 0 Å². The van der Waals surface area contributed by atoms with Crippen molar-refractivity contribution in [3.8, 4) is 0 Å². The molecule has 26 heavy (non-hydrogen) atoms. The Morgan fingerprint density at radius 2 is 1.73 bits per heavy atom. The van der Waals surface area contributed by atoms with Crippen molar-refractivity contribution in [2.24, 2.45) is 0 Å². The minimum absolute atomic E-state index is 0. The number of aromatic amines is 1. The number of benzene rings is 2. The molecule has 0 saturated carbocycles. The standard InChI is InChI=1S/C18H13N3O4.Na/c22-16-12-5-1-3-10-4-2-6-13(15(10)12)17(23)21(16)14(18(24)25)7-11-8-19-9-20-11;/h1-6,8-9,14H,7H2,(H,19,20)(H,24,25);/q;+1/p-1/t14-;/m0./s1. The second-order valence-electron chi connectivity index (χ2n) is 5.81. The van der Waals surface area contributed by atoms with Gasteiger partial charge in [0, 0.05) is 34.8 Å². The first-order valence-corrected chi connectivity index (χ1v) is 7.65. The molecule has 124 valence electrons. The van der Waals surface area contributed by atoms with Crippen LogP contribution in [-0.4, -0.2) is 38.7 Å². The Labute approximate surface area is 170 Å². The molecule has 1 aliphatic heterocycles. The van der Waals surface area contributed by atoms with E-state index in [2.05, 4.69) is 9.97 Å². The Balaban J connectivity index is 0.00000196. The molecule has 1 aliphatic rings. The summed E-state index contributed by atoms with van der Waals surface area (Å²) in [5.74, 6) is -2.77. The number of rotatable bonds is 4. The molecule has 0 fully saturated rings. The van der Waals surface area contributed by atoms with Crippen molar-refractivity contribution in [2.45, 2.75) is 12.5 Å². The molecule has 0 aliphatic carbocycles. The zero-order chi connectivity index (χ0) is 17.6. The molecular formula is C18H12N3NaO4. The number of H-pyrrole nitrogens is 1. The molecular weight excluding hydrogens is 345 g/mol. The minimum atomic E-state index is -1.50. The molecule has 3 aromatic rings. The van der Waals surface area contributed by atoms with Gasteiger partial charge in [-0.1, -0.05) is 24.3 Å². The average Bonchev–Trinajstić information content (AvgIpc) is 3.12. The van der Waals surface area contributed by atoms with Gasteiger partial charge in [0.2, 0.25) is 0 Å². The van der Waals surface area contributed by atoms with Crippen molar-refractivity contribution >= 4 is 28.6 Å². The smallest absolute Gasteiger partial charge is 0.548 e. The van der Waals surface area contributed by atoms with E-state index < -0.39 is 23.8 Å². The monoisotopic (exact) mass is 357 g/mol. The first-order valence-electron chi connectivity index (χ1n) is 7.65. The Hall–Kier alpha value is -2.48. The molecule has 0 unspecified atom stereocenters. The zero-order valence-corrected chi connectivity index (χ0v) is 15.9. The van der Waals surface area contributed by atoms with Crippen LogP contribution >= 0.6 is 0 Å². The number of imide groups is 1. The predicted octanol–water partition coefficient (Wildman–Crippen LogP) is -2.48. The van der Waals surface area contributed by atoms with Crippen LogP contribution in [0.5, 0.6) is 0 Å². The fourth-order valence-electron chi connectivity index (χ4n) is 3.22. The second kappa shape index (κ2) is 7.03. The van der Waals surface area contributed by atoms with Crippen LogP contribution < -0.4 is 34.7 Å². The summed E-state index contributed by atoms with van der Waals surface area (Å²) in [6, 6.07) is 8.78. The van der Waals surface area contributed by atoms with Gasteiger partial charge in [0.1, 0.15) is 0 Å². The van der Waals surface area contributed by atoms with Crippen LogP contribution in [0.3, 0.4) is 0 Å². The maximum absolute atomic E-state index is 12.9. The van der Waals surface area contributed by atoms with Crippen molar-refractivity contribution in [2.75, 3.05) is 0 Å². The van der Waals surface area contributed by atoms with Crippen LogP contribution in [0.15, 0.2) is 48.9 Å². The largest absolute Gasteiger partial charge is 1.00 e. The van der Waals surface area contributed by atoms with E-state index in [1.165, 1.54) is 12.5 Å². The predicted molar refractivity (Wildman–Crippen MR) is 85.5 cm³/mol. The number of aromatic nitrogens is 2. The number of hydrogen-bond donors (Lipinski definition) is 1. The van der Waals surface area contributed by atoms with Gasteiger partial charge in [-0.05, 0) is 17.5 Å². The van der Waals surface area contributed by atoms with Gasteiger partial charge in [0.15, 0.2) is 0 Å². The number of carboxylic acid groups (broad SMARTS) is 1. The van der Waals surface area contributed by atoms with Gasteiger partial charge < -0.3 is 14.9 Å². The van der Waals surface area contributed by atoms with E-state index in [0.717, 1.165) is 10.3 Å². The van der Waals surface area contributed by atoms with Crippen molar-refractivity contribution in [3.63, 3.8) is 0 Å². The van der Waals surface area contributed by atoms with Crippen LogP contribution in [0.2, 0.25) is 0 Å². The number of carbonyl (C=O) groups is 3. The number of aliphatic carboxylic acids is 1. The number of imidazole rings is 1. The molecule has 4 rings (SSSR count). The molecule has 2 aromatic carbocycles. The van der Waals surface area contributed by atoms with Gasteiger partial charge in [-0.15, -0.1) is 0 Å². The molecule has 0 radical (unpaired) electrons. The molecule has 7 nitrogen and oxygen atoms in total. The van der Waals surface area contributed by atoms with Crippen molar-refractivity contribution in [1.82, 2.24) is 14.9 Å². The molecule has 0 spiro atoms. The van der Waals surface area contributed by atoms with Crippen molar-refractivity contribution in [1.29, 1.82) is 0 Å². The number of nitrogens with zero attached hydrogens (tertiary/aromatic N) is 2. The van der Waals surface area contributed by atoms with Crippen LogP contribution in [0, 0.1) is 0 Å². The van der Waals surface area contributed by atoms with Gasteiger partial charge in [0.25, 0.3) is 11.8 Å². The summed E-state index contributed by atoms with van der Waals surface area (Å²) in [5.41, 5.74) is 1.11. The third-order valence-electron chi connectivity index (χ3n) is 4.35. The second-order valence-corrected chi connectivity index (χ2v) is 5.81. The summed E-state index contributed by atoms with van der Waals surface area (Å²) in [6.07, 6.45) is 2.75. The van der Waals surface area contributed by atoms with E-state index >= 15 is 0 Å². The summed E-state index contributed by atoms with van der Waals surface area (Å²) < 4.78 is 0. The molecule has 1 atom stereocenters. The average molecular weight is 357 g/mol. The van der Waals surface area contributed by atoms with Crippen LogP contribution in [0.1, 0.15) is 26.4 Å². The van der Waals surface area contributed by atoms with Gasteiger partial charge in [-0.3, -0.25) is 14.5 Å². The fourth-order valence-corrected chi connectivity index (χ4v) is 3.22. The summed E-state index contributed by atoms with van der Waals surface area (Å²) in [7, 11) is 0. The van der Waals surface area contributed by atoms with Gasteiger partial charge in [0.05, 0.1) is 18.3 Å². The maximum Gasteiger partial charge on any atom is 1.00 e. The van der Waals surface area contributed by atoms with E-state index in [-0.39, 0.29) is 36.0 Å². The summed E-state index contributed by atoms with van der Waals surface area (Å²) in [4.78, 5) is 44.8. The Morgan fingerprint density at radius 1 is 1.12 bits per heavy atom. The fraction of sp³-hybridized carbons (Fsp3) is 0.111. The molecule has 2 heterocycles. The Bertz CT molecular complexity index is 966. The molecule has 2 amide bonds. The molecule has 8 heteroatoms. The Kier molecular flexibility index (Phi) is 4.95. The van der Waals surface area contributed by atoms with E-state index in [9.17, 15) is 19.5 Å². The van der Waals surface area contributed by atoms with Gasteiger partial charge in [-0.25, -0.2) is 4.98 Å². The first kappa shape index (κ1) is 18.3. The van der Waals surface area contributed by atoms with Crippen LogP contribution in [0.4, 0.5) is 0 Å². The number of carbonyl (C=O) groups excluding carboxylic acids is 3. The van der Waals surface area contributed by atoms with E-state index in [1.807, 2.05) is 0 Å². The number of hydrogen-bond acceptors (Lipinski definition) is 5. The number of nitrogens with one attached hydrogen (secondary N) is 1. The van der Waals surface area contributed by atoms with Crippen molar-refractivity contribution < 1.29 is 49.0 Å². The number of carboxylic acids is 1. The topological polar surface area (TPSA) is 106 Å². The summed E-state index contributed by atoms with van der Waals surface area (Å²) in [5, 5.41) is 13.0. The van der Waals surface area contributed by atoms with E-state index in [0.29, 0.717) is 22.2 Å². The quantitative estimate of drug-likeness (QED) is 0.411. The van der Waals surface area contributed by atoms with E-state index in [1.54, 1.807) is 36.4 Å². The van der Waals surface area contributed by atoms with Crippen LogP contribution in [-0.2, 0) is 11.2 Å². The third kappa shape index (κ3) is 2.84. The number of amides is 2. The van der Waals surface area contributed by atoms with Gasteiger partial charge >= 0.3 is 29.6 Å². The molecule has 1 aromatic heterocycles. The minimum Gasteiger partial charge on any atom is -0.548 e. The van der Waals surface area contributed by atoms with Crippen molar-refractivity contribution in [3.05, 3.63) is 65.7 Å². The summed E-state index contributed by atoms with van der Waals surface area (Å²) in [6.45, 7) is 0. The normalized spacial score (nSPS) is 14.2. The first-order chi connectivity index (χ1) is 12.1. The molecule has 1 N–H and O–H groups in total. The molecule has 0 bridgehead atoms. The van der Waals surface area contributed by atoms with Crippen LogP contribution in [0.25, 0.3) is 10.8 Å². The third-order valence-corrected chi connectivity index (χ3v) is 4.35. The maximum atomic E-state index is 12.9. The SMILES string of the molecule is O=C([O-])[C@H](Cc1cnc[nH]1)N1C(=O)c2cccc3cccc(c23)C1=O.[Na+]. The molecule has 0 saturated heterocycles. The van der Waals surface area contributed by atoms with E-state index in [4.69, 9.17) is 0 Å². The zero-order valence-electron chi connectivity index (χ0n) is 13.9. The Morgan fingerprint density at radius 3 is 2.23 bits per heavy atom. The summed E-state index contributed by atoms with van der Waals surface area (Å²) >= 11 is 0.